The molecule has 1 aromatic rings. The molecule has 1 aromatic heterocycles. The minimum absolute atomic E-state index is 0.142. The van der Waals surface area contributed by atoms with Crippen molar-refractivity contribution in [3.05, 3.63) is 24.4 Å². The number of rotatable bonds is 3. The molecule has 0 radical (unpaired) electrons. The smallest absolute Gasteiger partial charge is 0.275 e. The molecule has 0 atom stereocenters. The Kier molecular flexibility index (Phi) is 4.06. The molecule has 16 heavy (non-hydrogen) atoms. The highest BCUT2D eigenvalue weighted by Crippen LogP contribution is 2.14. The summed E-state index contributed by atoms with van der Waals surface area (Å²) >= 11 is 0. The fraction of sp³-hybridized carbons (Fsp3) is 0.250. The Labute approximate surface area is 88.1 Å². The number of hydrogen-bond acceptors (Lipinski definition) is 4. The Morgan fingerprint density at radius 2 is 2.19 bits per heavy atom. The van der Waals surface area contributed by atoms with E-state index < -0.39 is 18.9 Å². The molecule has 8 heteroatoms. The number of amides is 1. The molecular formula is C8H7F3N2O3. The summed E-state index contributed by atoms with van der Waals surface area (Å²) in [7, 11) is 0. The molecule has 1 amide bonds. The summed E-state index contributed by atoms with van der Waals surface area (Å²) < 4.78 is 34.8. The molecule has 0 saturated heterocycles. The van der Waals surface area contributed by atoms with E-state index in [1.807, 2.05) is 0 Å². The fourth-order valence-corrected chi connectivity index (χ4v) is 0.712. The van der Waals surface area contributed by atoms with E-state index in [0.29, 0.717) is 0 Å². The van der Waals surface area contributed by atoms with Crippen LogP contribution < -0.4 is 5.32 Å². The predicted molar refractivity (Wildman–Crippen MR) is 46.3 cm³/mol. The molecule has 0 aromatic carbocycles. The molecule has 1 rings (SSSR count). The molecule has 0 saturated carbocycles. The molecule has 0 spiro atoms. The van der Waals surface area contributed by atoms with Crippen molar-refractivity contribution in [2.45, 2.75) is 6.18 Å². The van der Waals surface area contributed by atoms with Gasteiger partial charge in [0.25, 0.3) is 0 Å². The number of nitrogens with one attached hydrogen (secondary N) is 1. The Hall–Kier alpha value is -1.83. The highest BCUT2D eigenvalue weighted by atomic mass is 19.4. The lowest BCUT2D eigenvalue weighted by atomic mass is 10.5. The van der Waals surface area contributed by atoms with E-state index in [1.165, 1.54) is 12.3 Å². The lowest BCUT2D eigenvalue weighted by molar-refractivity contribution is -0.299. The van der Waals surface area contributed by atoms with Gasteiger partial charge >= 0.3 is 12.3 Å². The minimum Gasteiger partial charge on any atom is -0.275 e. The summed E-state index contributed by atoms with van der Waals surface area (Å²) in [6, 6.07) is 4.63. The van der Waals surface area contributed by atoms with E-state index in [1.54, 1.807) is 12.1 Å². The Balaban J connectivity index is 2.27. The van der Waals surface area contributed by atoms with Crippen molar-refractivity contribution in [2.75, 3.05) is 11.9 Å². The van der Waals surface area contributed by atoms with Crippen LogP contribution in [0.5, 0.6) is 0 Å². The van der Waals surface area contributed by atoms with Gasteiger partial charge in [0, 0.05) is 6.20 Å². The third-order valence-corrected chi connectivity index (χ3v) is 1.25. The summed E-state index contributed by atoms with van der Waals surface area (Å²) in [4.78, 5) is 22.0. The summed E-state index contributed by atoms with van der Waals surface area (Å²) in [5, 5.41) is 2.06. The van der Waals surface area contributed by atoms with Gasteiger partial charge in [-0.2, -0.15) is 18.1 Å². The second-order valence-electron chi connectivity index (χ2n) is 2.59. The second kappa shape index (κ2) is 5.31. The first-order valence-electron chi connectivity index (χ1n) is 4.05. The minimum atomic E-state index is -4.55. The lowest BCUT2D eigenvalue weighted by Gasteiger charge is -2.06. The second-order valence-corrected chi connectivity index (χ2v) is 2.59. The largest absolute Gasteiger partial charge is 0.444 e. The molecular weight excluding hydrogens is 229 g/mol. The first-order chi connectivity index (χ1) is 7.47. The predicted octanol–water partition coefficient (Wildman–Crippen LogP) is 2.12. The molecule has 1 heterocycles. The summed E-state index contributed by atoms with van der Waals surface area (Å²) in [5.41, 5.74) is 0. The normalized spacial score (nSPS) is 10.9. The van der Waals surface area contributed by atoms with Gasteiger partial charge in [-0.3, -0.25) is 10.2 Å². The summed E-state index contributed by atoms with van der Waals surface area (Å²) in [5.74, 6) is 0.142. The van der Waals surface area contributed by atoms with Crippen LogP contribution in [0.25, 0.3) is 0 Å². The number of hydrogen-bond donors (Lipinski definition) is 1. The maximum Gasteiger partial charge on any atom is 0.444 e. The highest BCUT2D eigenvalue weighted by molar-refractivity contribution is 5.82. The summed E-state index contributed by atoms with van der Waals surface area (Å²) in [6.45, 7) is -1.66. The average molecular weight is 236 g/mol. The van der Waals surface area contributed by atoms with Crippen molar-refractivity contribution >= 4 is 11.9 Å². The van der Waals surface area contributed by atoms with Crippen LogP contribution in [0.15, 0.2) is 24.4 Å². The molecule has 0 aliphatic carbocycles. The van der Waals surface area contributed by atoms with Gasteiger partial charge in [-0.05, 0) is 12.1 Å². The average Bonchev–Trinajstić information content (AvgIpc) is 2.17. The highest BCUT2D eigenvalue weighted by Gasteiger charge is 2.29. The number of halogens is 3. The summed E-state index contributed by atoms with van der Waals surface area (Å²) in [6.07, 6.45) is -4.33. The maximum absolute atomic E-state index is 11.6. The van der Waals surface area contributed by atoms with Crippen molar-refractivity contribution in [3.8, 4) is 0 Å². The van der Waals surface area contributed by atoms with Crippen LogP contribution >= 0.6 is 0 Å². The SMILES string of the molecule is O=C(Nc1ccccn1)OOCC(F)(F)F. The molecule has 0 bridgehead atoms. The van der Waals surface area contributed by atoms with Crippen LogP contribution in [0.2, 0.25) is 0 Å². The van der Waals surface area contributed by atoms with Crippen molar-refractivity contribution in [1.29, 1.82) is 0 Å². The van der Waals surface area contributed by atoms with Crippen LogP contribution in [0, 0.1) is 0 Å². The molecule has 0 aliphatic rings. The molecule has 1 N–H and O–H groups in total. The van der Waals surface area contributed by atoms with Crippen molar-refractivity contribution in [2.24, 2.45) is 0 Å². The first kappa shape index (κ1) is 12.2. The van der Waals surface area contributed by atoms with Crippen LogP contribution in [0.1, 0.15) is 0 Å². The standard InChI is InChI=1S/C8H7F3N2O3/c9-8(10,11)5-15-16-7(14)13-6-3-1-2-4-12-6/h1-4H,5H2,(H,12,13,14). The zero-order chi connectivity index (χ0) is 12.0. The van der Waals surface area contributed by atoms with Crippen LogP contribution in [0.3, 0.4) is 0 Å². The van der Waals surface area contributed by atoms with E-state index in [-0.39, 0.29) is 5.82 Å². The molecule has 5 nitrogen and oxygen atoms in total. The van der Waals surface area contributed by atoms with Crippen LogP contribution in [-0.4, -0.2) is 23.9 Å². The first-order valence-corrected chi connectivity index (χ1v) is 4.05. The fourth-order valence-electron chi connectivity index (χ4n) is 0.712. The zero-order valence-corrected chi connectivity index (χ0v) is 7.82. The van der Waals surface area contributed by atoms with E-state index in [4.69, 9.17) is 0 Å². The molecule has 0 unspecified atom stereocenters. The Bertz CT molecular complexity index is 342. The third kappa shape index (κ3) is 5.15. The van der Waals surface area contributed by atoms with Crippen LogP contribution in [-0.2, 0) is 9.78 Å². The number of carbonyl (C=O) groups excluding carboxylic acids is 1. The van der Waals surface area contributed by atoms with Crippen molar-refractivity contribution < 1.29 is 27.7 Å². The lowest BCUT2D eigenvalue weighted by Crippen LogP contribution is -2.21. The van der Waals surface area contributed by atoms with E-state index >= 15 is 0 Å². The van der Waals surface area contributed by atoms with Gasteiger partial charge in [0.2, 0.25) is 0 Å². The molecule has 88 valence electrons. The monoisotopic (exact) mass is 236 g/mol. The van der Waals surface area contributed by atoms with Gasteiger partial charge in [-0.1, -0.05) is 6.07 Å². The molecule has 0 fully saturated rings. The van der Waals surface area contributed by atoms with Crippen molar-refractivity contribution in [3.63, 3.8) is 0 Å². The van der Waals surface area contributed by atoms with Gasteiger partial charge in [0.1, 0.15) is 5.82 Å². The number of nitrogens with zero attached hydrogens (tertiary/aromatic N) is 1. The number of alkyl halides is 3. The van der Waals surface area contributed by atoms with E-state index in [0.717, 1.165) is 0 Å². The third-order valence-electron chi connectivity index (χ3n) is 1.25. The van der Waals surface area contributed by atoms with Gasteiger partial charge in [0.05, 0.1) is 0 Å². The van der Waals surface area contributed by atoms with E-state index in [9.17, 15) is 18.0 Å². The number of anilines is 1. The van der Waals surface area contributed by atoms with Gasteiger partial charge in [-0.15, -0.1) is 0 Å². The topological polar surface area (TPSA) is 60.5 Å². The Morgan fingerprint density at radius 1 is 1.44 bits per heavy atom. The van der Waals surface area contributed by atoms with Crippen molar-refractivity contribution in [1.82, 2.24) is 4.98 Å². The zero-order valence-electron chi connectivity index (χ0n) is 7.82. The number of pyridine rings is 1. The maximum atomic E-state index is 11.6. The quantitative estimate of drug-likeness (QED) is 0.645. The number of aromatic nitrogens is 1. The van der Waals surface area contributed by atoms with Crippen LogP contribution in [0.4, 0.5) is 23.8 Å². The van der Waals surface area contributed by atoms with Gasteiger partial charge < -0.3 is 0 Å². The van der Waals surface area contributed by atoms with Gasteiger partial charge in [0.15, 0.2) is 6.61 Å². The van der Waals surface area contributed by atoms with Gasteiger partial charge in [-0.25, -0.2) is 9.78 Å². The molecule has 0 aliphatic heterocycles. The Morgan fingerprint density at radius 3 is 2.75 bits per heavy atom. The van der Waals surface area contributed by atoms with E-state index in [2.05, 4.69) is 20.1 Å². The number of carbonyl (C=O) groups is 1.